The van der Waals surface area contributed by atoms with Crippen molar-refractivity contribution in [2.75, 3.05) is 6.54 Å². The summed E-state index contributed by atoms with van der Waals surface area (Å²) < 4.78 is 7.76. The molecule has 0 bridgehead atoms. The monoisotopic (exact) mass is 385 g/mol. The van der Waals surface area contributed by atoms with Gasteiger partial charge in [-0.2, -0.15) is 0 Å². The maximum Gasteiger partial charge on any atom is 0.260 e. The molecule has 0 aliphatic rings. The molecule has 1 atom stereocenters. The fourth-order valence-electron chi connectivity index (χ4n) is 3.18. The number of nitrogens with one attached hydrogen (secondary N) is 1. The van der Waals surface area contributed by atoms with E-state index >= 15 is 0 Å². The van der Waals surface area contributed by atoms with Crippen molar-refractivity contribution in [1.82, 2.24) is 14.7 Å². The van der Waals surface area contributed by atoms with Crippen LogP contribution >= 0.6 is 0 Å². The van der Waals surface area contributed by atoms with Crippen molar-refractivity contribution in [1.29, 1.82) is 0 Å². The normalized spacial score (nSPS) is 11.9. The lowest BCUT2D eigenvalue weighted by molar-refractivity contribution is -0.127. The maximum atomic E-state index is 12.3. The number of rotatable bonds is 7. The summed E-state index contributed by atoms with van der Waals surface area (Å²) in [4.78, 5) is 16.9. The minimum absolute atomic E-state index is 0.138. The minimum atomic E-state index is -0.571. The number of fused-ring (bicyclic) bond motifs is 1. The van der Waals surface area contributed by atoms with Crippen LogP contribution in [0.3, 0.4) is 0 Å². The Labute approximate surface area is 170 Å². The number of ether oxygens (including phenoxy) is 1. The summed E-state index contributed by atoms with van der Waals surface area (Å²) in [6, 6.07) is 23.8. The molecule has 0 saturated carbocycles. The molecule has 0 aliphatic heterocycles. The summed E-state index contributed by atoms with van der Waals surface area (Å²) in [5.41, 5.74) is 4.12. The van der Waals surface area contributed by atoms with Crippen LogP contribution in [0.5, 0.6) is 5.75 Å². The van der Waals surface area contributed by atoms with Crippen LogP contribution in [0.25, 0.3) is 16.8 Å². The Bertz CT molecular complexity index is 1060. The van der Waals surface area contributed by atoms with Gasteiger partial charge in [0.15, 0.2) is 6.10 Å². The Morgan fingerprint density at radius 3 is 2.48 bits per heavy atom. The van der Waals surface area contributed by atoms with Crippen molar-refractivity contribution >= 4 is 11.6 Å². The van der Waals surface area contributed by atoms with Gasteiger partial charge in [-0.3, -0.25) is 4.79 Å². The van der Waals surface area contributed by atoms with E-state index in [0.717, 1.165) is 22.5 Å². The molecule has 0 radical (unpaired) electrons. The van der Waals surface area contributed by atoms with Crippen molar-refractivity contribution in [3.05, 3.63) is 90.9 Å². The number of amides is 1. The third kappa shape index (κ3) is 4.63. The smallest absolute Gasteiger partial charge is 0.260 e. The number of pyridine rings is 1. The first-order chi connectivity index (χ1) is 14.2. The quantitative estimate of drug-likeness (QED) is 0.520. The predicted molar refractivity (Wildman–Crippen MR) is 114 cm³/mol. The lowest BCUT2D eigenvalue weighted by Gasteiger charge is -2.15. The minimum Gasteiger partial charge on any atom is -0.481 e. The second-order valence-electron chi connectivity index (χ2n) is 6.89. The Balaban J connectivity index is 1.27. The van der Waals surface area contributed by atoms with Crippen molar-refractivity contribution in [3.8, 4) is 16.9 Å². The highest BCUT2D eigenvalue weighted by Crippen LogP contribution is 2.22. The van der Waals surface area contributed by atoms with Crippen LogP contribution in [0.4, 0.5) is 0 Å². The Morgan fingerprint density at radius 1 is 1.00 bits per heavy atom. The van der Waals surface area contributed by atoms with Crippen molar-refractivity contribution in [2.24, 2.45) is 0 Å². The molecule has 4 rings (SSSR count). The van der Waals surface area contributed by atoms with Gasteiger partial charge in [-0.25, -0.2) is 4.98 Å². The summed E-state index contributed by atoms with van der Waals surface area (Å²) in [7, 11) is 0. The molecule has 2 aromatic carbocycles. The molecule has 2 aromatic heterocycles. The lowest BCUT2D eigenvalue weighted by atomic mass is 10.1. The second-order valence-corrected chi connectivity index (χ2v) is 6.89. The molecule has 0 spiro atoms. The zero-order chi connectivity index (χ0) is 20.1. The molecule has 0 aliphatic carbocycles. The van der Waals surface area contributed by atoms with Crippen LogP contribution in [0, 0.1) is 0 Å². The van der Waals surface area contributed by atoms with Crippen LogP contribution in [-0.2, 0) is 11.2 Å². The number of carbonyl (C=O) groups excluding carboxylic acids is 1. The van der Waals surface area contributed by atoms with Gasteiger partial charge in [-0.15, -0.1) is 0 Å². The van der Waals surface area contributed by atoms with Gasteiger partial charge >= 0.3 is 0 Å². The zero-order valence-corrected chi connectivity index (χ0v) is 16.3. The molecule has 146 valence electrons. The van der Waals surface area contributed by atoms with E-state index in [-0.39, 0.29) is 5.91 Å². The fourth-order valence-corrected chi connectivity index (χ4v) is 3.18. The first kappa shape index (κ1) is 18.7. The predicted octanol–water partition coefficient (Wildman–Crippen LogP) is 4.13. The molecule has 1 unspecified atom stereocenters. The van der Waals surface area contributed by atoms with Crippen molar-refractivity contribution in [2.45, 2.75) is 19.4 Å². The number of nitrogens with zero attached hydrogens (tertiary/aromatic N) is 2. The number of imidazole rings is 1. The van der Waals surface area contributed by atoms with E-state index in [0.29, 0.717) is 18.7 Å². The van der Waals surface area contributed by atoms with Gasteiger partial charge in [0.1, 0.15) is 11.4 Å². The number of carbonyl (C=O) groups is 1. The molecule has 0 fully saturated rings. The van der Waals surface area contributed by atoms with Crippen molar-refractivity contribution in [3.63, 3.8) is 0 Å². The van der Waals surface area contributed by atoms with E-state index in [1.807, 2.05) is 77.5 Å². The first-order valence-corrected chi connectivity index (χ1v) is 9.71. The summed E-state index contributed by atoms with van der Waals surface area (Å²) in [5, 5.41) is 2.92. The highest BCUT2D eigenvalue weighted by atomic mass is 16.5. The van der Waals surface area contributed by atoms with Gasteiger partial charge in [-0.05, 0) is 42.3 Å². The molecule has 4 aromatic rings. The molecule has 5 heteroatoms. The van der Waals surface area contributed by atoms with E-state index in [1.54, 1.807) is 6.92 Å². The van der Waals surface area contributed by atoms with E-state index < -0.39 is 6.10 Å². The molecule has 2 heterocycles. The van der Waals surface area contributed by atoms with E-state index in [4.69, 9.17) is 4.74 Å². The van der Waals surface area contributed by atoms with Gasteiger partial charge in [0.25, 0.3) is 5.91 Å². The van der Waals surface area contributed by atoms with Crippen LogP contribution < -0.4 is 10.1 Å². The molecule has 0 saturated heterocycles. The standard InChI is InChI=1S/C24H23N3O2/c1-18(29-22-12-10-20(11-13-22)19-7-3-2-4-8-19)24(28)25-15-14-21-17-27-16-6-5-9-23(27)26-21/h2-13,16-18H,14-15H2,1H3,(H,25,28). The Kier molecular flexibility index (Phi) is 5.56. The lowest BCUT2D eigenvalue weighted by Crippen LogP contribution is -2.37. The Morgan fingerprint density at radius 2 is 1.72 bits per heavy atom. The molecule has 1 amide bonds. The summed E-state index contributed by atoms with van der Waals surface area (Å²) in [5.74, 6) is 0.536. The highest BCUT2D eigenvalue weighted by molar-refractivity contribution is 5.80. The average Bonchev–Trinajstić information content (AvgIpc) is 3.17. The number of benzene rings is 2. The zero-order valence-electron chi connectivity index (χ0n) is 16.3. The summed E-state index contributed by atoms with van der Waals surface area (Å²) in [6.45, 7) is 2.27. The number of hydrogen-bond acceptors (Lipinski definition) is 3. The van der Waals surface area contributed by atoms with Gasteiger partial charge < -0.3 is 14.5 Å². The molecule has 1 N–H and O–H groups in total. The largest absolute Gasteiger partial charge is 0.481 e. The first-order valence-electron chi connectivity index (χ1n) is 9.71. The van der Waals surface area contributed by atoms with E-state index in [2.05, 4.69) is 22.4 Å². The average molecular weight is 385 g/mol. The molecule has 29 heavy (non-hydrogen) atoms. The van der Waals surface area contributed by atoms with Gasteiger partial charge in [0, 0.05) is 25.4 Å². The topological polar surface area (TPSA) is 55.6 Å². The van der Waals surface area contributed by atoms with Crippen LogP contribution in [0.15, 0.2) is 85.2 Å². The molecular formula is C24H23N3O2. The maximum absolute atomic E-state index is 12.3. The molecule has 5 nitrogen and oxygen atoms in total. The van der Waals surface area contributed by atoms with Crippen molar-refractivity contribution < 1.29 is 9.53 Å². The second kappa shape index (κ2) is 8.61. The van der Waals surface area contributed by atoms with Gasteiger partial charge in [-0.1, -0.05) is 48.5 Å². The molecular weight excluding hydrogens is 362 g/mol. The Hall–Kier alpha value is -3.60. The summed E-state index contributed by atoms with van der Waals surface area (Å²) >= 11 is 0. The third-order valence-corrected chi connectivity index (χ3v) is 4.74. The van der Waals surface area contributed by atoms with E-state index in [9.17, 15) is 4.79 Å². The van der Waals surface area contributed by atoms with E-state index in [1.165, 1.54) is 0 Å². The highest BCUT2D eigenvalue weighted by Gasteiger charge is 2.14. The van der Waals surface area contributed by atoms with Gasteiger partial charge in [0.2, 0.25) is 0 Å². The fraction of sp³-hybridized carbons (Fsp3) is 0.167. The van der Waals surface area contributed by atoms with Crippen LogP contribution in [-0.4, -0.2) is 27.9 Å². The van der Waals surface area contributed by atoms with Crippen LogP contribution in [0.1, 0.15) is 12.6 Å². The third-order valence-electron chi connectivity index (χ3n) is 4.74. The SMILES string of the molecule is CC(Oc1ccc(-c2ccccc2)cc1)C(=O)NCCc1cn2ccccc2n1. The van der Waals surface area contributed by atoms with Crippen LogP contribution in [0.2, 0.25) is 0 Å². The number of hydrogen-bond donors (Lipinski definition) is 1. The number of aromatic nitrogens is 2. The summed E-state index contributed by atoms with van der Waals surface area (Å²) in [6.07, 6.45) is 4.05. The van der Waals surface area contributed by atoms with Gasteiger partial charge in [0.05, 0.1) is 5.69 Å².